The number of nitrogens with zero attached hydrogens (tertiary/aromatic N) is 3. The molecule has 5 N–H and O–H groups in total. The Morgan fingerprint density at radius 1 is 1.35 bits per heavy atom. The molecule has 0 fully saturated rings. The van der Waals surface area contributed by atoms with Crippen molar-refractivity contribution in [1.82, 2.24) is 14.6 Å². The van der Waals surface area contributed by atoms with Gasteiger partial charge in [0.2, 0.25) is 0 Å². The van der Waals surface area contributed by atoms with Crippen LogP contribution in [-0.2, 0) is 0 Å². The first-order chi connectivity index (χ1) is 12.2. The monoisotopic (exact) mass is 375 g/mol. The van der Waals surface area contributed by atoms with E-state index in [0.717, 1.165) is 16.8 Å². The van der Waals surface area contributed by atoms with Crippen molar-refractivity contribution in [2.24, 2.45) is 5.73 Å². The van der Waals surface area contributed by atoms with Crippen LogP contribution < -0.4 is 11.1 Å². The quantitative estimate of drug-likeness (QED) is 0.510. The van der Waals surface area contributed by atoms with Gasteiger partial charge in [0.1, 0.15) is 6.23 Å². The summed E-state index contributed by atoms with van der Waals surface area (Å²) < 4.78 is 1.66. The summed E-state index contributed by atoms with van der Waals surface area (Å²) in [5.41, 5.74) is 9.15. The van der Waals surface area contributed by atoms with Gasteiger partial charge in [-0.05, 0) is 38.0 Å². The van der Waals surface area contributed by atoms with Crippen molar-refractivity contribution in [2.75, 3.05) is 11.9 Å². The highest BCUT2D eigenvalue weighted by Crippen LogP contribution is 2.28. The molecule has 0 amide bonds. The number of aryl methyl sites for hydroxylation is 1. The van der Waals surface area contributed by atoms with Crippen LogP contribution in [0, 0.1) is 6.92 Å². The standard InChI is InChI=1S/C18H22ClN5O2/c1-10-6-11(4-5-12(10)16(20)25)14-8-21-17-13(22-9-18(2,3)26)7-15(19)23-24(14)17/h4-8,16,22,25-26H,9,20H2,1-3H3. The van der Waals surface area contributed by atoms with E-state index in [-0.39, 0.29) is 0 Å². The zero-order valence-electron chi connectivity index (χ0n) is 14.9. The van der Waals surface area contributed by atoms with Crippen LogP contribution in [0.2, 0.25) is 5.15 Å². The summed E-state index contributed by atoms with van der Waals surface area (Å²) in [7, 11) is 0. The van der Waals surface area contributed by atoms with Gasteiger partial charge >= 0.3 is 0 Å². The van der Waals surface area contributed by atoms with Crippen molar-refractivity contribution < 1.29 is 10.2 Å². The zero-order valence-corrected chi connectivity index (χ0v) is 15.6. The molecule has 3 aromatic rings. The normalized spacial score (nSPS) is 13.2. The second kappa shape index (κ2) is 6.85. The van der Waals surface area contributed by atoms with Crippen LogP contribution in [0.25, 0.3) is 16.9 Å². The number of nitrogens with one attached hydrogen (secondary N) is 1. The predicted molar refractivity (Wildman–Crippen MR) is 102 cm³/mol. The average Bonchev–Trinajstić information content (AvgIpc) is 2.95. The van der Waals surface area contributed by atoms with Crippen molar-refractivity contribution in [3.05, 3.63) is 46.7 Å². The Labute approximate surface area is 156 Å². The molecule has 0 saturated heterocycles. The lowest BCUT2D eigenvalue weighted by Crippen LogP contribution is -2.29. The highest BCUT2D eigenvalue weighted by atomic mass is 35.5. The van der Waals surface area contributed by atoms with Crippen LogP contribution in [0.5, 0.6) is 0 Å². The van der Waals surface area contributed by atoms with E-state index in [4.69, 9.17) is 17.3 Å². The van der Waals surface area contributed by atoms with Crippen LogP contribution in [0.15, 0.2) is 30.5 Å². The Morgan fingerprint density at radius 3 is 2.69 bits per heavy atom. The van der Waals surface area contributed by atoms with Crippen molar-refractivity contribution in [3.8, 4) is 11.3 Å². The summed E-state index contributed by atoms with van der Waals surface area (Å²) in [6.45, 7) is 5.66. The van der Waals surface area contributed by atoms with Crippen molar-refractivity contribution in [3.63, 3.8) is 0 Å². The molecule has 3 rings (SSSR count). The first-order valence-electron chi connectivity index (χ1n) is 8.21. The van der Waals surface area contributed by atoms with Gasteiger partial charge in [0, 0.05) is 18.2 Å². The molecule has 0 aliphatic heterocycles. The van der Waals surface area contributed by atoms with Gasteiger partial charge in [0.25, 0.3) is 0 Å². The van der Waals surface area contributed by atoms with E-state index in [1.165, 1.54) is 0 Å². The fraction of sp³-hybridized carbons (Fsp3) is 0.333. The molecule has 8 heteroatoms. The molecule has 26 heavy (non-hydrogen) atoms. The average molecular weight is 376 g/mol. The molecular formula is C18H22ClN5O2. The van der Waals surface area contributed by atoms with Gasteiger partial charge in [-0.25, -0.2) is 9.50 Å². The Hall–Kier alpha value is -2.19. The van der Waals surface area contributed by atoms with E-state index in [1.54, 1.807) is 36.7 Å². The number of rotatable bonds is 5. The first-order valence-corrected chi connectivity index (χ1v) is 8.58. The van der Waals surface area contributed by atoms with Crippen molar-refractivity contribution in [1.29, 1.82) is 0 Å². The molecule has 0 bridgehead atoms. The lowest BCUT2D eigenvalue weighted by molar-refractivity contribution is 0.0945. The highest BCUT2D eigenvalue weighted by molar-refractivity contribution is 6.29. The highest BCUT2D eigenvalue weighted by Gasteiger charge is 2.17. The summed E-state index contributed by atoms with van der Waals surface area (Å²) in [4.78, 5) is 4.45. The maximum absolute atomic E-state index is 9.94. The third kappa shape index (κ3) is 3.81. The minimum absolute atomic E-state index is 0.306. The maximum Gasteiger partial charge on any atom is 0.177 e. The summed E-state index contributed by atoms with van der Waals surface area (Å²) in [6, 6.07) is 7.24. The summed E-state index contributed by atoms with van der Waals surface area (Å²) in [5, 5.41) is 27.3. The number of nitrogens with two attached hydrogens (primary N) is 1. The second-order valence-corrected chi connectivity index (χ2v) is 7.33. The Morgan fingerprint density at radius 2 is 2.08 bits per heavy atom. The molecule has 0 aliphatic rings. The molecule has 7 nitrogen and oxygen atoms in total. The number of benzene rings is 1. The van der Waals surface area contributed by atoms with Crippen LogP contribution in [-0.4, -0.2) is 37.0 Å². The lowest BCUT2D eigenvalue weighted by atomic mass is 10.0. The molecular weight excluding hydrogens is 354 g/mol. The third-order valence-corrected chi connectivity index (χ3v) is 4.22. The molecule has 2 aromatic heterocycles. The summed E-state index contributed by atoms with van der Waals surface area (Å²) in [6.07, 6.45) is 0.692. The predicted octanol–water partition coefficient (Wildman–Crippen LogP) is 2.49. The largest absolute Gasteiger partial charge is 0.389 e. The van der Waals surface area contributed by atoms with E-state index in [9.17, 15) is 10.2 Å². The zero-order chi connectivity index (χ0) is 19.1. The van der Waals surface area contributed by atoms with Crippen LogP contribution in [0.4, 0.5) is 5.69 Å². The van der Waals surface area contributed by atoms with E-state index in [1.807, 2.05) is 19.1 Å². The van der Waals surface area contributed by atoms with Gasteiger partial charge < -0.3 is 21.3 Å². The number of fused-ring (bicyclic) bond motifs is 1. The van der Waals surface area contributed by atoms with Crippen molar-refractivity contribution >= 4 is 22.9 Å². The fourth-order valence-corrected chi connectivity index (χ4v) is 2.93. The fourth-order valence-electron chi connectivity index (χ4n) is 2.74. The second-order valence-electron chi connectivity index (χ2n) is 6.94. The summed E-state index contributed by atoms with van der Waals surface area (Å²) in [5.74, 6) is 0. The molecule has 0 spiro atoms. The molecule has 1 atom stereocenters. The van der Waals surface area contributed by atoms with Crippen LogP contribution >= 0.6 is 11.6 Å². The number of halogens is 1. The van der Waals surface area contributed by atoms with Gasteiger partial charge in [-0.3, -0.25) is 0 Å². The SMILES string of the molecule is Cc1cc(-c2cnc3c(NCC(C)(C)O)cc(Cl)nn23)ccc1C(N)O. The number of hydrogen-bond donors (Lipinski definition) is 4. The lowest BCUT2D eigenvalue weighted by Gasteiger charge is -2.18. The molecule has 0 saturated carbocycles. The topological polar surface area (TPSA) is 109 Å². The van der Waals surface area contributed by atoms with Gasteiger partial charge in [-0.1, -0.05) is 23.7 Å². The Kier molecular flexibility index (Phi) is 4.90. The number of aliphatic hydroxyl groups excluding tert-OH is 1. The van der Waals surface area contributed by atoms with Crippen molar-refractivity contribution in [2.45, 2.75) is 32.6 Å². The van der Waals surface area contributed by atoms with Gasteiger partial charge in [-0.2, -0.15) is 5.10 Å². The molecule has 0 aliphatic carbocycles. The molecule has 0 radical (unpaired) electrons. The first kappa shape index (κ1) is 18.6. The van der Waals surface area contributed by atoms with Gasteiger partial charge in [0.05, 0.1) is 23.2 Å². The third-order valence-electron chi connectivity index (χ3n) is 4.03. The number of hydrogen-bond acceptors (Lipinski definition) is 6. The molecule has 1 aromatic carbocycles. The Bertz CT molecular complexity index is 947. The minimum Gasteiger partial charge on any atom is -0.389 e. The van der Waals surface area contributed by atoms with Crippen LogP contribution in [0.1, 0.15) is 31.2 Å². The van der Waals surface area contributed by atoms with Gasteiger partial charge in [-0.15, -0.1) is 0 Å². The number of aliphatic hydroxyl groups is 2. The minimum atomic E-state index is -1.02. The maximum atomic E-state index is 9.94. The van der Waals surface area contributed by atoms with E-state index >= 15 is 0 Å². The molecule has 1 unspecified atom stereocenters. The van der Waals surface area contributed by atoms with E-state index < -0.39 is 11.8 Å². The smallest absolute Gasteiger partial charge is 0.177 e. The summed E-state index contributed by atoms with van der Waals surface area (Å²) >= 11 is 6.18. The van der Waals surface area contributed by atoms with E-state index in [0.29, 0.717) is 28.6 Å². The molecule has 138 valence electrons. The molecule has 2 heterocycles. The van der Waals surface area contributed by atoms with Gasteiger partial charge in [0.15, 0.2) is 10.8 Å². The number of imidazole rings is 1. The number of anilines is 1. The number of aromatic nitrogens is 3. The van der Waals surface area contributed by atoms with Crippen LogP contribution in [0.3, 0.4) is 0 Å². The Balaban J connectivity index is 2.06. The van der Waals surface area contributed by atoms with E-state index in [2.05, 4.69) is 15.4 Å².